The number of carboxylic acids is 1. The van der Waals surface area contributed by atoms with Crippen LogP contribution in [0.5, 0.6) is 0 Å². The molecule has 0 radical (unpaired) electrons. The minimum Gasteiger partial charge on any atom is -0.548 e. The van der Waals surface area contributed by atoms with Crippen LogP contribution in [0.1, 0.15) is 22.8 Å². The second kappa shape index (κ2) is 11.2. The molecule has 0 bridgehead atoms. The number of carbonyl (C=O) groups excluding carboxylic acids is 3. The zero-order valence-corrected chi connectivity index (χ0v) is 19.8. The van der Waals surface area contributed by atoms with E-state index in [9.17, 15) is 37.8 Å². The quantitative estimate of drug-likeness (QED) is 0.425. The maximum absolute atomic E-state index is 12.8. The fourth-order valence-corrected chi connectivity index (χ4v) is 2.64. The van der Waals surface area contributed by atoms with E-state index in [1.807, 2.05) is 5.32 Å². The molecule has 0 saturated carbocycles. The molecule has 0 aliphatic rings. The van der Waals surface area contributed by atoms with Crippen molar-refractivity contribution in [1.29, 1.82) is 0 Å². The number of benzene rings is 2. The predicted octanol–water partition coefficient (Wildman–Crippen LogP) is -1.31. The topological polar surface area (TPSA) is 119 Å². The molecule has 12 heteroatoms. The number of halogens is 4. The molecule has 0 aliphatic heterocycles. The number of rotatable bonds is 7. The van der Waals surface area contributed by atoms with Crippen LogP contribution in [0.4, 0.5) is 18.9 Å². The Balaban J connectivity index is 0.00000512. The van der Waals surface area contributed by atoms with Crippen LogP contribution in [0.15, 0.2) is 48.5 Å². The summed E-state index contributed by atoms with van der Waals surface area (Å²) in [4.78, 5) is 35.5. The number of aliphatic hydroxyl groups is 1. The average molecular weight is 481 g/mol. The largest absolute Gasteiger partial charge is 1.00 e. The maximum Gasteiger partial charge on any atom is 1.00 e. The van der Waals surface area contributed by atoms with Crippen LogP contribution in [-0.2, 0) is 16.0 Å². The standard InChI is InChI=1S/C20H18ClF3N2O5.Na/c1-19(31,20(22,23)24)18(30)26-14-8-7-12(10-13(14)21)16(27)25-15(17(28)29)9-11-5-3-2-4-6-11;/h2-8,10,15,31H,9H2,1H3,(H,25,27)(H,26,30)(H,28,29);/q;+1/p-1/t15-,19+;/m0./s1. The van der Waals surface area contributed by atoms with Gasteiger partial charge in [0.1, 0.15) is 0 Å². The van der Waals surface area contributed by atoms with Crippen LogP contribution in [-0.4, -0.2) is 40.7 Å². The fraction of sp³-hybridized carbons (Fsp3) is 0.250. The Bertz CT molecular complexity index is 987. The van der Waals surface area contributed by atoms with Crippen LogP contribution in [0.2, 0.25) is 5.02 Å². The van der Waals surface area contributed by atoms with Crippen molar-refractivity contribution in [2.24, 2.45) is 0 Å². The van der Waals surface area contributed by atoms with E-state index in [1.54, 1.807) is 30.3 Å². The molecule has 0 aliphatic carbocycles. The molecule has 0 heterocycles. The number of anilines is 1. The Labute approximate surface area is 208 Å². The van der Waals surface area contributed by atoms with Crippen molar-refractivity contribution in [3.05, 3.63) is 64.7 Å². The van der Waals surface area contributed by atoms with Gasteiger partial charge < -0.3 is 25.6 Å². The molecule has 3 N–H and O–H groups in total. The summed E-state index contributed by atoms with van der Waals surface area (Å²) in [6.45, 7) is 0.283. The van der Waals surface area contributed by atoms with Gasteiger partial charge in [0, 0.05) is 5.56 Å². The van der Waals surface area contributed by atoms with Crippen molar-refractivity contribution < 1.29 is 67.3 Å². The van der Waals surface area contributed by atoms with Crippen LogP contribution in [0, 0.1) is 0 Å². The number of carbonyl (C=O) groups is 3. The Morgan fingerprint density at radius 2 is 1.72 bits per heavy atom. The molecule has 0 fully saturated rings. The summed E-state index contributed by atoms with van der Waals surface area (Å²) >= 11 is 5.92. The van der Waals surface area contributed by atoms with E-state index in [1.165, 1.54) is 0 Å². The van der Waals surface area contributed by atoms with Crippen molar-refractivity contribution >= 4 is 35.1 Å². The SMILES string of the molecule is C[C@@](O)(C(=O)Nc1ccc(C(=O)N[C@@H](Cc2ccccc2)C(=O)[O-])cc1Cl)C(F)(F)F.[Na+]. The average Bonchev–Trinajstić information content (AvgIpc) is 2.68. The molecule has 2 atom stereocenters. The van der Waals surface area contributed by atoms with Crippen molar-refractivity contribution in [3.8, 4) is 0 Å². The van der Waals surface area contributed by atoms with Gasteiger partial charge in [-0.1, -0.05) is 41.9 Å². The molecule has 7 nitrogen and oxygen atoms in total. The van der Waals surface area contributed by atoms with Gasteiger partial charge in [0.2, 0.25) is 5.60 Å². The van der Waals surface area contributed by atoms with E-state index in [-0.39, 0.29) is 59.2 Å². The summed E-state index contributed by atoms with van der Waals surface area (Å²) < 4.78 is 38.3. The molecule has 2 aromatic carbocycles. The van der Waals surface area contributed by atoms with E-state index in [4.69, 9.17) is 11.6 Å². The first-order valence-corrected chi connectivity index (χ1v) is 9.16. The predicted molar refractivity (Wildman–Crippen MR) is 103 cm³/mol. The Hall–Kier alpha value is -2.11. The summed E-state index contributed by atoms with van der Waals surface area (Å²) in [5.74, 6) is -4.10. The van der Waals surface area contributed by atoms with Gasteiger partial charge in [-0.05, 0) is 37.1 Å². The summed E-state index contributed by atoms with van der Waals surface area (Å²) in [6.07, 6.45) is -5.26. The molecule has 2 aromatic rings. The van der Waals surface area contributed by atoms with Gasteiger partial charge in [-0.25, -0.2) is 0 Å². The summed E-state index contributed by atoms with van der Waals surface area (Å²) in [5.41, 5.74) is -3.41. The molecule has 0 spiro atoms. The van der Waals surface area contributed by atoms with E-state index in [0.717, 1.165) is 18.2 Å². The van der Waals surface area contributed by atoms with Gasteiger partial charge in [0.25, 0.3) is 11.8 Å². The third-order valence-electron chi connectivity index (χ3n) is 4.35. The first-order valence-electron chi connectivity index (χ1n) is 8.78. The normalized spacial score (nSPS) is 13.8. The molecule has 0 unspecified atom stereocenters. The van der Waals surface area contributed by atoms with E-state index in [2.05, 4.69) is 5.32 Å². The van der Waals surface area contributed by atoms with Crippen LogP contribution in [0.3, 0.4) is 0 Å². The number of carboxylic acid groups (broad SMARTS) is 1. The second-order valence-electron chi connectivity index (χ2n) is 6.75. The minimum absolute atomic E-state index is 0. The van der Waals surface area contributed by atoms with Crippen molar-refractivity contribution in [2.45, 2.75) is 31.2 Å². The maximum atomic E-state index is 12.8. The first-order chi connectivity index (χ1) is 14.3. The Kier molecular flexibility index (Phi) is 9.73. The van der Waals surface area contributed by atoms with Crippen molar-refractivity contribution in [2.75, 3.05) is 5.32 Å². The number of amides is 2. The molecule has 32 heavy (non-hydrogen) atoms. The smallest absolute Gasteiger partial charge is 0.548 e. The van der Waals surface area contributed by atoms with Gasteiger partial charge in [0.05, 0.1) is 22.7 Å². The zero-order chi connectivity index (χ0) is 23.4. The summed E-state index contributed by atoms with van der Waals surface area (Å²) in [6, 6.07) is 10.3. The van der Waals surface area contributed by atoms with Crippen molar-refractivity contribution in [3.63, 3.8) is 0 Å². The molecule has 0 saturated heterocycles. The second-order valence-corrected chi connectivity index (χ2v) is 7.16. The molecule has 0 aromatic heterocycles. The third kappa shape index (κ3) is 6.94. The monoisotopic (exact) mass is 480 g/mol. The molecule has 2 amide bonds. The molecule has 2 rings (SSSR count). The number of hydrogen-bond donors (Lipinski definition) is 3. The van der Waals surface area contributed by atoms with Crippen molar-refractivity contribution in [1.82, 2.24) is 5.32 Å². The fourth-order valence-electron chi connectivity index (χ4n) is 2.42. The van der Waals surface area contributed by atoms with E-state index < -0.39 is 35.6 Å². The van der Waals surface area contributed by atoms with E-state index >= 15 is 0 Å². The molecular weight excluding hydrogens is 464 g/mol. The minimum atomic E-state index is -5.22. The van der Waals surface area contributed by atoms with Gasteiger partial charge in [-0.3, -0.25) is 9.59 Å². The van der Waals surface area contributed by atoms with Crippen LogP contribution < -0.4 is 45.3 Å². The number of alkyl halides is 3. The first kappa shape index (κ1) is 27.9. The van der Waals surface area contributed by atoms with Gasteiger partial charge in [0.15, 0.2) is 0 Å². The molecule has 166 valence electrons. The number of nitrogens with one attached hydrogen (secondary N) is 2. The van der Waals surface area contributed by atoms with Crippen LogP contribution >= 0.6 is 11.6 Å². The number of hydrogen-bond acceptors (Lipinski definition) is 5. The summed E-state index contributed by atoms with van der Waals surface area (Å²) in [5, 5.41) is 24.6. The van der Waals surface area contributed by atoms with Gasteiger partial charge in [-0.15, -0.1) is 0 Å². The summed E-state index contributed by atoms with van der Waals surface area (Å²) in [7, 11) is 0. The number of aliphatic carboxylic acids is 1. The zero-order valence-electron chi connectivity index (χ0n) is 17.0. The van der Waals surface area contributed by atoms with E-state index in [0.29, 0.717) is 5.56 Å². The van der Waals surface area contributed by atoms with Crippen LogP contribution in [0.25, 0.3) is 0 Å². The van der Waals surface area contributed by atoms with Gasteiger partial charge >= 0.3 is 35.7 Å². The Morgan fingerprint density at radius 1 is 1.12 bits per heavy atom. The Morgan fingerprint density at radius 3 is 2.22 bits per heavy atom. The third-order valence-corrected chi connectivity index (χ3v) is 4.66. The molecular formula is C20H17ClF3N2NaO5. The van der Waals surface area contributed by atoms with Gasteiger partial charge in [-0.2, -0.15) is 13.2 Å².